The highest BCUT2D eigenvalue weighted by molar-refractivity contribution is 5.74. The Morgan fingerprint density at radius 3 is 2.90 bits per heavy atom. The first-order chi connectivity index (χ1) is 9.52. The minimum atomic E-state index is -0.602. The number of nitrogens with two attached hydrogens (primary N) is 1. The molecular weight excluding hydrogens is 258 g/mol. The van der Waals surface area contributed by atoms with Gasteiger partial charge in [-0.3, -0.25) is 0 Å². The van der Waals surface area contributed by atoms with Crippen molar-refractivity contribution in [2.24, 2.45) is 5.92 Å². The second-order valence-electron chi connectivity index (χ2n) is 5.17. The third-order valence-electron chi connectivity index (χ3n) is 3.98. The van der Waals surface area contributed by atoms with Gasteiger partial charge in [0.1, 0.15) is 5.52 Å². The summed E-state index contributed by atoms with van der Waals surface area (Å²) < 4.78 is 1.85. The first-order valence-corrected chi connectivity index (χ1v) is 6.47. The molecule has 20 heavy (non-hydrogen) atoms. The van der Waals surface area contributed by atoms with Crippen LogP contribution in [0.3, 0.4) is 0 Å². The van der Waals surface area contributed by atoms with Crippen LogP contribution in [0.5, 0.6) is 0 Å². The zero-order valence-electron chi connectivity index (χ0n) is 11.2. The largest absolute Gasteiger partial charge is 0.396 e. The molecule has 2 heterocycles. The van der Waals surface area contributed by atoms with Crippen LogP contribution < -0.4 is 5.73 Å². The predicted molar refractivity (Wildman–Crippen MR) is 73.8 cm³/mol. The number of aliphatic hydroxyl groups excluding tert-OH is 2. The average molecular weight is 275 g/mol. The van der Waals surface area contributed by atoms with Crippen LogP contribution in [0.4, 0.5) is 5.95 Å². The zero-order chi connectivity index (χ0) is 14.4. The van der Waals surface area contributed by atoms with Crippen molar-refractivity contribution in [1.29, 1.82) is 0 Å². The molecule has 0 radical (unpaired) electrons. The Hall–Kier alpha value is -1.99. The van der Waals surface area contributed by atoms with Crippen LogP contribution in [0.15, 0.2) is 18.5 Å². The van der Waals surface area contributed by atoms with Gasteiger partial charge in [-0.25, -0.2) is 9.97 Å². The summed E-state index contributed by atoms with van der Waals surface area (Å²) in [5.41, 5.74) is 8.52. The lowest BCUT2D eigenvalue weighted by Gasteiger charge is -2.15. The van der Waals surface area contributed by atoms with Crippen LogP contribution in [-0.4, -0.2) is 42.4 Å². The van der Waals surface area contributed by atoms with Crippen LogP contribution in [0.2, 0.25) is 0 Å². The second kappa shape index (κ2) is 4.53. The minimum Gasteiger partial charge on any atom is -0.396 e. The van der Waals surface area contributed by atoms with E-state index in [1.54, 1.807) is 6.33 Å². The highest BCUT2D eigenvalue weighted by Crippen LogP contribution is 2.40. The van der Waals surface area contributed by atoms with Gasteiger partial charge in [-0.15, -0.1) is 0 Å². The van der Waals surface area contributed by atoms with Gasteiger partial charge in [0.2, 0.25) is 5.95 Å². The SMILES string of the molecule is C=C1[C@H](CO)[C@@H](O)C[C@@H]1n1cnc2c(C)nc(N)nc21. The van der Waals surface area contributed by atoms with Gasteiger partial charge in [0.25, 0.3) is 0 Å². The fourth-order valence-corrected chi connectivity index (χ4v) is 2.88. The van der Waals surface area contributed by atoms with Crippen LogP contribution >= 0.6 is 0 Å². The standard InChI is InChI=1S/C13H17N5O2/c1-6-8(4-19)10(20)3-9(6)18-5-15-11-7(2)16-13(14)17-12(11)18/h5,8-10,19-20H,1,3-4H2,2H3,(H2,14,16,17)/t8-,9-,10-/m0/s1. The Morgan fingerprint density at radius 2 is 2.25 bits per heavy atom. The fourth-order valence-electron chi connectivity index (χ4n) is 2.88. The number of anilines is 1. The van der Waals surface area contributed by atoms with Crippen molar-refractivity contribution in [2.75, 3.05) is 12.3 Å². The van der Waals surface area contributed by atoms with Gasteiger partial charge >= 0.3 is 0 Å². The Kier molecular flexibility index (Phi) is 2.95. The van der Waals surface area contributed by atoms with Crippen molar-refractivity contribution < 1.29 is 10.2 Å². The summed E-state index contributed by atoms with van der Waals surface area (Å²) >= 11 is 0. The highest BCUT2D eigenvalue weighted by Gasteiger charge is 2.37. The number of hydrogen-bond acceptors (Lipinski definition) is 6. The van der Waals surface area contributed by atoms with Gasteiger partial charge in [0.15, 0.2) is 5.65 Å². The van der Waals surface area contributed by atoms with Crippen molar-refractivity contribution in [2.45, 2.75) is 25.5 Å². The van der Waals surface area contributed by atoms with Gasteiger partial charge in [0, 0.05) is 5.92 Å². The van der Waals surface area contributed by atoms with Crippen molar-refractivity contribution in [3.05, 3.63) is 24.2 Å². The molecule has 1 saturated carbocycles. The van der Waals surface area contributed by atoms with Crippen LogP contribution in [-0.2, 0) is 0 Å². The van der Waals surface area contributed by atoms with Crippen molar-refractivity contribution >= 4 is 17.1 Å². The van der Waals surface area contributed by atoms with E-state index in [1.165, 1.54) is 0 Å². The summed E-state index contributed by atoms with van der Waals surface area (Å²) in [7, 11) is 0. The van der Waals surface area contributed by atoms with Crippen LogP contribution in [0.25, 0.3) is 11.2 Å². The molecule has 3 atom stereocenters. The van der Waals surface area contributed by atoms with Gasteiger partial charge in [-0.2, -0.15) is 4.98 Å². The smallest absolute Gasteiger partial charge is 0.222 e. The monoisotopic (exact) mass is 275 g/mol. The summed E-state index contributed by atoms with van der Waals surface area (Å²) in [4.78, 5) is 12.6. The second-order valence-corrected chi connectivity index (χ2v) is 5.17. The molecule has 0 saturated heterocycles. The molecule has 7 nitrogen and oxygen atoms in total. The first-order valence-electron chi connectivity index (χ1n) is 6.47. The molecule has 0 bridgehead atoms. The highest BCUT2D eigenvalue weighted by atomic mass is 16.3. The number of aliphatic hydroxyl groups is 2. The maximum absolute atomic E-state index is 10.00. The van der Waals surface area contributed by atoms with Crippen molar-refractivity contribution in [1.82, 2.24) is 19.5 Å². The molecule has 4 N–H and O–H groups in total. The Morgan fingerprint density at radius 1 is 1.50 bits per heavy atom. The summed E-state index contributed by atoms with van der Waals surface area (Å²) in [5, 5.41) is 19.3. The number of rotatable bonds is 2. The fraction of sp³-hybridized carbons (Fsp3) is 0.462. The molecule has 0 aromatic carbocycles. The van der Waals surface area contributed by atoms with Crippen molar-refractivity contribution in [3.8, 4) is 0 Å². The molecule has 0 amide bonds. The summed E-state index contributed by atoms with van der Waals surface area (Å²) in [6.45, 7) is 5.72. The van der Waals surface area contributed by atoms with E-state index in [1.807, 2.05) is 11.5 Å². The van der Waals surface area contributed by atoms with E-state index in [9.17, 15) is 10.2 Å². The average Bonchev–Trinajstić information content (AvgIpc) is 2.91. The quantitative estimate of drug-likeness (QED) is 0.675. The lowest BCUT2D eigenvalue weighted by molar-refractivity contribution is 0.101. The number of nitrogens with zero attached hydrogens (tertiary/aromatic N) is 4. The third kappa shape index (κ3) is 1.78. The maximum Gasteiger partial charge on any atom is 0.222 e. The number of nitrogen functional groups attached to an aromatic ring is 1. The van der Waals surface area contributed by atoms with Crippen LogP contribution in [0, 0.1) is 12.8 Å². The number of hydrogen-bond donors (Lipinski definition) is 3. The molecule has 106 valence electrons. The maximum atomic E-state index is 10.00. The number of imidazole rings is 1. The third-order valence-corrected chi connectivity index (χ3v) is 3.98. The normalized spacial score (nSPS) is 26.6. The van der Waals surface area contributed by atoms with Gasteiger partial charge in [-0.1, -0.05) is 6.58 Å². The van der Waals surface area contributed by atoms with E-state index < -0.39 is 6.10 Å². The molecule has 7 heteroatoms. The molecule has 2 aromatic heterocycles. The lowest BCUT2D eigenvalue weighted by Crippen LogP contribution is -2.17. The number of aryl methyl sites for hydroxylation is 1. The first kappa shape index (κ1) is 13.0. The number of fused-ring (bicyclic) bond motifs is 1. The minimum absolute atomic E-state index is 0.112. The zero-order valence-corrected chi connectivity index (χ0v) is 11.2. The van der Waals surface area contributed by atoms with Crippen LogP contribution in [0.1, 0.15) is 18.2 Å². The van der Waals surface area contributed by atoms with E-state index in [0.717, 1.165) is 5.57 Å². The molecule has 2 aromatic rings. The number of aromatic nitrogens is 4. The Labute approximate surface area is 115 Å². The molecule has 0 unspecified atom stereocenters. The van der Waals surface area contributed by atoms with Gasteiger partial charge in [-0.05, 0) is 18.9 Å². The summed E-state index contributed by atoms with van der Waals surface area (Å²) in [5.74, 6) is -0.114. The molecule has 0 spiro atoms. The Balaban J connectivity index is 2.10. The van der Waals surface area contributed by atoms with E-state index in [0.29, 0.717) is 23.3 Å². The summed E-state index contributed by atoms with van der Waals surface area (Å²) in [6, 6.07) is -0.138. The topological polar surface area (TPSA) is 110 Å². The lowest BCUT2D eigenvalue weighted by atomic mass is 10.0. The molecular formula is C13H17N5O2. The molecule has 1 fully saturated rings. The Bertz CT molecular complexity index is 681. The van der Waals surface area contributed by atoms with E-state index in [2.05, 4.69) is 21.5 Å². The summed E-state index contributed by atoms with van der Waals surface area (Å²) in [6.07, 6.45) is 1.54. The molecule has 0 aliphatic heterocycles. The van der Waals surface area contributed by atoms with Crippen molar-refractivity contribution in [3.63, 3.8) is 0 Å². The van der Waals surface area contributed by atoms with Gasteiger partial charge < -0.3 is 20.5 Å². The molecule has 1 aliphatic carbocycles. The van der Waals surface area contributed by atoms with E-state index in [4.69, 9.17) is 5.73 Å². The van der Waals surface area contributed by atoms with E-state index in [-0.39, 0.29) is 24.5 Å². The molecule has 1 aliphatic rings. The van der Waals surface area contributed by atoms with Gasteiger partial charge in [0.05, 0.1) is 30.8 Å². The molecule has 3 rings (SSSR count). The van der Waals surface area contributed by atoms with E-state index >= 15 is 0 Å². The predicted octanol–water partition coefficient (Wildman–Crippen LogP) is 0.187.